The minimum atomic E-state index is 0.469. The van der Waals surface area contributed by atoms with Gasteiger partial charge >= 0.3 is 0 Å². The van der Waals surface area contributed by atoms with E-state index in [1.165, 1.54) is 44.8 Å². The van der Waals surface area contributed by atoms with Crippen LogP contribution in [0.5, 0.6) is 0 Å². The first kappa shape index (κ1) is 10.8. The van der Waals surface area contributed by atoms with E-state index >= 15 is 0 Å². The third-order valence-electron chi connectivity index (χ3n) is 3.15. The van der Waals surface area contributed by atoms with Crippen molar-refractivity contribution in [3.63, 3.8) is 0 Å². The number of hydrogen-bond donors (Lipinski definition) is 1. The van der Waals surface area contributed by atoms with E-state index in [2.05, 4.69) is 35.8 Å². The lowest BCUT2D eigenvalue weighted by Gasteiger charge is -2.38. The third-order valence-corrected chi connectivity index (χ3v) is 4.44. The maximum absolute atomic E-state index is 3.58. The summed E-state index contributed by atoms with van der Waals surface area (Å²) in [5, 5.41) is 3.58. The molecule has 2 saturated heterocycles. The predicted molar refractivity (Wildman–Crippen MR) is 64.0 cm³/mol. The molecule has 2 aliphatic rings. The van der Waals surface area contributed by atoms with Crippen LogP contribution >= 0.6 is 11.8 Å². The molecule has 3 heteroatoms. The minimum Gasteiger partial charge on any atom is -0.313 e. The van der Waals surface area contributed by atoms with Crippen molar-refractivity contribution in [3.8, 4) is 0 Å². The molecule has 14 heavy (non-hydrogen) atoms. The molecule has 2 aliphatic heterocycles. The Balaban J connectivity index is 1.79. The van der Waals surface area contributed by atoms with Crippen molar-refractivity contribution in [1.29, 1.82) is 0 Å². The molecule has 0 aliphatic carbocycles. The molecule has 0 aromatic carbocycles. The molecular formula is C11H22N2S. The predicted octanol–water partition coefficient (Wildman–Crippen LogP) is 1.57. The first-order valence-electron chi connectivity index (χ1n) is 5.75. The lowest BCUT2D eigenvalue weighted by Crippen LogP contribution is -2.47. The summed E-state index contributed by atoms with van der Waals surface area (Å²) < 4.78 is 0.469. The molecule has 2 heterocycles. The molecule has 0 bridgehead atoms. The number of hydrogen-bond acceptors (Lipinski definition) is 3. The van der Waals surface area contributed by atoms with Crippen LogP contribution in [-0.4, -0.2) is 47.6 Å². The smallest absolute Gasteiger partial charge is 0.0231 e. The van der Waals surface area contributed by atoms with Crippen molar-refractivity contribution in [2.24, 2.45) is 0 Å². The Hall–Kier alpha value is 0.270. The van der Waals surface area contributed by atoms with Crippen LogP contribution in [0.15, 0.2) is 0 Å². The Bertz CT molecular complexity index is 188. The maximum atomic E-state index is 3.58. The topological polar surface area (TPSA) is 15.3 Å². The Morgan fingerprint density at radius 3 is 3.00 bits per heavy atom. The van der Waals surface area contributed by atoms with Gasteiger partial charge in [0, 0.05) is 36.2 Å². The van der Waals surface area contributed by atoms with Crippen molar-refractivity contribution in [2.45, 2.75) is 37.5 Å². The minimum absolute atomic E-state index is 0.469. The Labute approximate surface area is 91.8 Å². The fourth-order valence-corrected chi connectivity index (χ4v) is 3.67. The third kappa shape index (κ3) is 2.88. The number of thioether (sulfide) groups is 1. The van der Waals surface area contributed by atoms with Gasteiger partial charge < -0.3 is 5.32 Å². The molecule has 0 aromatic heterocycles. The highest BCUT2D eigenvalue weighted by atomic mass is 32.2. The van der Waals surface area contributed by atoms with E-state index in [1.54, 1.807) is 0 Å². The van der Waals surface area contributed by atoms with Gasteiger partial charge in [0.05, 0.1) is 0 Å². The van der Waals surface area contributed by atoms with Crippen LogP contribution in [0, 0.1) is 0 Å². The summed E-state index contributed by atoms with van der Waals surface area (Å²) >= 11 is 2.12. The Morgan fingerprint density at radius 2 is 2.36 bits per heavy atom. The molecule has 0 aromatic rings. The SMILES string of the molecule is CC1(C)CN(C[C@H]2CCCN2)CCS1. The first-order valence-corrected chi connectivity index (χ1v) is 6.74. The maximum Gasteiger partial charge on any atom is 0.0231 e. The van der Waals surface area contributed by atoms with Gasteiger partial charge in [0.25, 0.3) is 0 Å². The summed E-state index contributed by atoms with van der Waals surface area (Å²) in [6.45, 7) is 9.78. The molecule has 2 fully saturated rings. The monoisotopic (exact) mass is 214 g/mol. The van der Waals surface area contributed by atoms with Gasteiger partial charge in [-0.2, -0.15) is 11.8 Å². The van der Waals surface area contributed by atoms with Gasteiger partial charge in [-0.25, -0.2) is 0 Å². The van der Waals surface area contributed by atoms with Crippen molar-refractivity contribution in [1.82, 2.24) is 10.2 Å². The zero-order valence-electron chi connectivity index (χ0n) is 9.38. The summed E-state index contributed by atoms with van der Waals surface area (Å²) in [4.78, 5) is 2.64. The van der Waals surface area contributed by atoms with Gasteiger partial charge in [0.2, 0.25) is 0 Å². The molecular weight excluding hydrogens is 192 g/mol. The van der Waals surface area contributed by atoms with E-state index in [9.17, 15) is 0 Å². The molecule has 2 rings (SSSR count). The van der Waals surface area contributed by atoms with Gasteiger partial charge in [-0.15, -0.1) is 0 Å². The zero-order valence-corrected chi connectivity index (χ0v) is 10.2. The van der Waals surface area contributed by atoms with Gasteiger partial charge in [-0.3, -0.25) is 4.90 Å². The van der Waals surface area contributed by atoms with E-state index in [1.807, 2.05) is 0 Å². The van der Waals surface area contributed by atoms with E-state index in [0.29, 0.717) is 4.75 Å². The average molecular weight is 214 g/mol. The highest BCUT2D eigenvalue weighted by molar-refractivity contribution is 8.00. The van der Waals surface area contributed by atoms with E-state index in [4.69, 9.17) is 0 Å². The van der Waals surface area contributed by atoms with Crippen LogP contribution in [0.4, 0.5) is 0 Å². The van der Waals surface area contributed by atoms with Crippen LogP contribution in [0.3, 0.4) is 0 Å². The van der Waals surface area contributed by atoms with Gasteiger partial charge in [-0.05, 0) is 33.2 Å². The standard InChI is InChI=1S/C11H22N2S/c1-11(2)9-13(6-7-14-11)8-10-4-3-5-12-10/h10,12H,3-9H2,1-2H3/t10-/m1/s1. The van der Waals surface area contributed by atoms with Gasteiger partial charge in [0.1, 0.15) is 0 Å². The van der Waals surface area contributed by atoms with E-state index in [0.717, 1.165) is 6.04 Å². The van der Waals surface area contributed by atoms with Gasteiger partial charge in [0.15, 0.2) is 0 Å². The second-order valence-corrected chi connectivity index (χ2v) is 6.94. The van der Waals surface area contributed by atoms with Crippen LogP contribution in [0.2, 0.25) is 0 Å². The van der Waals surface area contributed by atoms with Crippen LogP contribution in [-0.2, 0) is 0 Å². The molecule has 1 N–H and O–H groups in total. The molecule has 0 amide bonds. The Kier molecular flexibility index (Phi) is 3.40. The lowest BCUT2D eigenvalue weighted by molar-refractivity contribution is 0.238. The number of nitrogens with one attached hydrogen (secondary N) is 1. The first-order chi connectivity index (χ1) is 6.66. The summed E-state index contributed by atoms with van der Waals surface area (Å²) in [5.74, 6) is 1.31. The van der Waals surface area contributed by atoms with Crippen molar-refractivity contribution < 1.29 is 0 Å². The van der Waals surface area contributed by atoms with Crippen molar-refractivity contribution >= 4 is 11.8 Å². The fourth-order valence-electron chi connectivity index (χ4n) is 2.49. The number of rotatable bonds is 2. The average Bonchev–Trinajstić information content (AvgIpc) is 2.54. The fraction of sp³-hybridized carbons (Fsp3) is 1.00. The van der Waals surface area contributed by atoms with Crippen molar-refractivity contribution in [2.75, 3.05) is 31.9 Å². The van der Waals surface area contributed by atoms with E-state index in [-0.39, 0.29) is 0 Å². The number of nitrogens with zero attached hydrogens (tertiary/aromatic N) is 1. The molecule has 82 valence electrons. The molecule has 2 nitrogen and oxygen atoms in total. The molecule has 0 radical (unpaired) electrons. The zero-order chi connectivity index (χ0) is 10.0. The van der Waals surface area contributed by atoms with Crippen LogP contribution in [0.1, 0.15) is 26.7 Å². The second kappa shape index (κ2) is 4.42. The van der Waals surface area contributed by atoms with Crippen LogP contribution in [0.25, 0.3) is 0 Å². The normalized spacial score (nSPS) is 33.4. The molecule has 0 spiro atoms. The largest absolute Gasteiger partial charge is 0.313 e. The molecule has 0 saturated carbocycles. The quantitative estimate of drug-likeness (QED) is 0.751. The second-order valence-electron chi connectivity index (χ2n) is 5.14. The van der Waals surface area contributed by atoms with Gasteiger partial charge in [-0.1, -0.05) is 0 Å². The Morgan fingerprint density at radius 1 is 1.50 bits per heavy atom. The summed E-state index contributed by atoms with van der Waals surface area (Å²) in [6, 6.07) is 0.772. The summed E-state index contributed by atoms with van der Waals surface area (Å²) in [5.41, 5.74) is 0. The summed E-state index contributed by atoms with van der Waals surface area (Å²) in [6.07, 6.45) is 2.75. The molecule has 1 atom stereocenters. The van der Waals surface area contributed by atoms with Crippen LogP contribution < -0.4 is 5.32 Å². The summed E-state index contributed by atoms with van der Waals surface area (Å²) in [7, 11) is 0. The highest BCUT2D eigenvalue weighted by Gasteiger charge is 2.28. The molecule has 0 unspecified atom stereocenters. The van der Waals surface area contributed by atoms with E-state index < -0.39 is 0 Å². The highest BCUT2D eigenvalue weighted by Crippen LogP contribution is 2.29. The van der Waals surface area contributed by atoms with Crippen molar-refractivity contribution in [3.05, 3.63) is 0 Å². The lowest BCUT2D eigenvalue weighted by atomic mass is 10.1.